The van der Waals surface area contributed by atoms with Gasteiger partial charge >= 0.3 is 0 Å². The Morgan fingerprint density at radius 2 is 2.14 bits per heavy atom. The number of anilines is 1. The number of benzene rings is 1. The van der Waals surface area contributed by atoms with Crippen LogP contribution in [0.25, 0.3) is 11.5 Å². The van der Waals surface area contributed by atoms with E-state index >= 15 is 0 Å². The Labute approximate surface area is 135 Å². The van der Waals surface area contributed by atoms with Crippen LogP contribution in [-0.2, 0) is 6.54 Å². The molecule has 21 heavy (non-hydrogen) atoms. The second kappa shape index (κ2) is 5.99. The van der Waals surface area contributed by atoms with E-state index in [1.807, 2.05) is 18.2 Å². The van der Waals surface area contributed by atoms with Gasteiger partial charge in [-0.2, -0.15) is 0 Å². The van der Waals surface area contributed by atoms with Gasteiger partial charge in [0.05, 0.1) is 0 Å². The van der Waals surface area contributed by atoms with Crippen molar-refractivity contribution in [3.63, 3.8) is 0 Å². The molecular formula is C15H14BrN3OS. The number of hydrogen-bond acceptors (Lipinski definition) is 5. The monoisotopic (exact) mass is 363 g/mol. The summed E-state index contributed by atoms with van der Waals surface area (Å²) in [6.45, 7) is 5.00. The lowest BCUT2D eigenvalue weighted by Gasteiger charge is -2.09. The number of aromatic nitrogens is 2. The maximum Gasteiger partial charge on any atom is 0.247 e. The van der Waals surface area contributed by atoms with Crippen molar-refractivity contribution >= 4 is 33.0 Å². The topological polar surface area (TPSA) is 51.0 Å². The van der Waals surface area contributed by atoms with E-state index < -0.39 is 0 Å². The quantitative estimate of drug-likeness (QED) is 0.723. The molecule has 0 saturated carbocycles. The molecule has 0 amide bonds. The summed E-state index contributed by atoms with van der Waals surface area (Å²) in [4.78, 5) is 2.61. The molecule has 1 N–H and O–H groups in total. The molecule has 0 unspecified atom stereocenters. The number of aryl methyl sites for hydroxylation is 2. The van der Waals surface area contributed by atoms with E-state index in [2.05, 4.69) is 51.4 Å². The lowest BCUT2D eigenvalue weighted by Crippen LogP contribution is -1.99. The molecule has 0 fully saturated rings. The van der Waals surface area contributed by atoms with Gasteiger partial charge in [-0.25, -0.2) is 0 Å². The molecule has 3 rings (SSSR count). The summed E-state index contributed by atoms with van der Waals surface area (Å²) in [7, 11) is 0. The Hall–Kier alpha value is -1.66. The highest BCUT2D eigenvalue weighted by Gasteiger charge is 2.07. The van der Waals surface area contributed by atoms with Crippen molar-refractivity contribution in [2.45, 2.75) is 20.4 Å². The smallest absolute Gasteiger partial charge is 0.247 e. The highest BCUT2D eigenvalue weighted by atomic mass is 79.9. The van der Waals surface area contributed by atoms with Crippen molar-refractivity contribution in [3.8, 4) is 11.5 Å². The van der Waals surface area contributed by atoms with Crippen LogP contribution < -0.4 is 5.32 Å². The van der Waals surface area contributed by atoms with E-state index in [1.54, 1.807) is 11.3 Å². The van der Waals surface area contributed by atoms with E-state index in [-0.39, 0.29) is 0 Å². The molecule has 0 saturated heterocycles. The van der Waals surface area contributed by atoms with Crippen LogP contribution in [0.2, 0.25) is 0 Å². The Balaban J connectivity index is 1.74. The summed E-state index contributed by atoms with van der Waals surface area (Å²) in [5.74, 6) is 0.544. The zero-order chi connectivity index (χ0) is 14.8. The third kappa shape index (κ3) is 3.16. The summed E-state index contributed by atoms with van der Waals surface area (Å²) in [5.41, 5.74) is 3.20. The van der Waals surface area contributed by atoms with Crippen molar-refractivity contribution in [1.29, 1.82) is 0 Å². The van der Waals surface area contributed by atoms with Gasteiger partial charge in [0.25, 0.3) is 0 Å². The van der Waals surface area contributed by atoms with Crippen LogP contribution in [0.3, 0.4) is 0 Å². The van der Waals surface area contributed by atoms with Gasteiger partial charge in [-0.15, -0.1) is 21.5 Å². The molecule has 0 aliphatic heterocycles. The maximum absolute atomic E-state index is 5.21. The minimum absolute atomic E-state index is 0.544. The fraction of sp³-hybridized carbons (Fsp3) is 0.200. The van der Waals surface area contributed by atoms with Gasteiger partial charge in [0.1, 0.15) is 0 Å². The first-order valence-corrected chi connectivity index (χ1v) is 8.10. The van der Waals surface area contributed by atoms with E-state index in [9.17, 15) is 0 Å². The Kier molecular flexibility index (Phi) is 4.07. The van der Waals surface area contributed by atoms with E-state index in [4.69, 9.17) is 4.42 Å². The van der Waals surface area contributed by atoms with Crippen molar-refractivity contribution in [3.05, 3.63) is 50.4 Å². The Morgan fingerprint density at radius 1 is 1.29 bits per heavy atom. The molecule has 2 aromatic heterocycles. The Morgan fingerprint density at radius 3 is 2.76 bits per heavy atom. The molecule has 6 heteroatoms. The lowest BCUT2D eigenvalue weighted by atomic mass is 10.1. The van der Waals surface area contributed by atoms with Crippen molar-refractivity contribution < 1.29 is 4.42 Å². The molecule has 0 aliphatic carbocycles. The van der Waals surface area contributed by atoms with Crippen LogP contribution in [-0.4, -0.2) is 10.2 Å². The molecule has 0 radical (unpaired) electrons. The second-order valence-corrected chi connectivity index (χ2v) is 6.94. The summed E-state index contributed by atoms with van der Waals surface area (Å²) < 4.78 is 6.39. The molecule has 3 aromatic rings. The van der Waals surface area contributed by atoms with E-state index in [1.165, 1.54) is 20.6 Å². The molecule has 0 atom stereocenters. The van der Waals surface area contributed by atoms with Gasteiger partial charge in [-0.3, -0.25) is 0 Å². The van der Waals surface area contributed by atoms with Crippen LogP contribution in [0.4, 0.5) is 5.69 Å². The van der Waals surface area contributed by atoms with Crippen molar-refractivity contribution in [2.24, 2.45) is 0 Å². The van der Waals surface area contributed by atoms with Gasteiger partial charge in [0.2, 0.25) is 12.3 Å². The normalized spacial score (nSPS) is 10.8. The van der Waals surface area contributed by atoms with Crippen LogP contribution >= 0.6 is 27.3 Å². The minimum atomic E-state index is 0.544. The molecule has 2 heterocycles. The fourth-order valence-corrected chi connectivity index (χ4v) is 3.62. The third-order valence-corrected chi connectivity index (χ3v) is 5.33. The standard InChI is InChI=1S/C15H14BrN3OS/c1-9-5-11(15-19-18-8-20-15)3-4-14(9)17-7-12-6-13(16)10(2)21-12/h3-6,8,17H,7H2,1-2H3. The second-order valence-electron chi connectivity index (χ2n) is 4.74. The van der Waals surface area contributed by atoms with Gasteiger partial charge in [0, 0.05) is 32.0 Å². The highest BCUT2D eigenvalue weighted by Crippen LogP contribution is 2.28. The molecule has 1 aromatic carbocycles. The van der Waals surface area contributed by atoms with Crippen LogP contribution in [0, 0.1) is 13.8 Å². The zero-order valence-electron chi connectivity index (χ0n) is 11.7. The number of thiophene rings is 1. The molecular weight excluding hydrogens is 350 g/mol. The first-order chi connectivity index (χ1) is 10.1. The number of rotatable bonds is 4. The SMILES string of the molecule is Cc1cc(-c2nnco2)ccc1NCc1cc(Br)c(C)s1. The van der Waals surface area contributed by atoms with E-state index in [0.717, 1.165) is 23.4 Å². The minimum Gasteiger partial charge on any atom is -0.423 e. The van der Waals surface area contributed by atoms with Crippen LogP contribution in [0.5, 0.6) is 0 Å². The summed E-state index contributed by atoms with van der Waals surface area (Å²) >= 11 is 5.35. The molecule has 108 valence electrons. The third-order valence-electron chi connectivity index (χ3n) is 3.19. The maximum atomic E-state index is 5.21. The first kappa shape index (κ1) is 14.3. The lowest BCUT2D eigenvalue weighted by molar-refractivity contribution is 0.568. The van der Waals surface area contributed by atoms with Crippen molar-refractivity contribution in [2.75, 3.05) is 5.32 Å². The highest BCUT2D eigenvalue weighted by molar-refractivity contribution is 9.10. The summed E-state index contributed by atoms with van der Waals surface area (Å²) in [6, 6.07) is 8.24. The predicted molar refractivity (Wildman–Crippen MR) is 88.6 cm³/mol. The molecule has 0 bridgehead atoms. The van der Waals surface area contributed by atoms with Gasteiger partial charge in [0.15, 0.2) is 0 Å². The van der Waals surface area contributed by atoms with Crippen LogP contribution in [0.15, 0.2) is 39.5 Å². The number of nitrogens with zero attached hydrogens (tertiary/aromatic N) is 2. The number of nitrogens with one attached hydrogen (secondary N) is 1. The number of halogens is 1. The van der Waals surface area contributed by atoms with Gasteiger partial charge in [-0.05, 0) is 59.6 Å². The fourth-order valence-electron chi connectivity index (χ4n) is 2.08. The van der Waals surface area contributed by atoms with Crippen molar-refractivity contribution in [1.82, 2.24) is 10.2 Å². The largest absolute Gasteiger partial charge is 0.423 e. The molecule has 0 aliphatic rings. The molecule has 0 spiro atoms. The average molecular weight is 364 g/mol. The van der Waals surface area contributed by atoms with Gasteiger partial charge < -0.3 is 9.73 Å². The zero-order valence-corrected chi connectivity index (χ0v) is 14.1. The summed E-state index contributed by atoms with van der Waals surface area (Å²) in [5, 5.41) is 11.1. The first-order valence-electron chi connectivity index (χ1n) is 6.49. The number of hydrogen-bond donors (Lipinski definition) is 1. The van der Waals surface area contributed by atoms with E-state index in [0.29, 0.717) is 5.89 Å². The van der Waals surface area contributed by atoms with Crippen LogP contribution in [0.1, 0.15) is 15.3 Å². The summed E-state index contributed by atoms with van der Waals surface area (Å²) in [6.07, 6.45) is 1.34. The molecule has 4 nitrogen and oxygen atoms in total. The predicted octanol–water partition coefficient (Wildman–Crippen LogP) is 4.79. The van der Waals surface area contributed by atoms with Gasteiger partial charge in [-0.1, -0.05) is 0 Å². The average Bonchev–Trinajstić information content (AvgIpc) is 3.08. The Bertz CT molecular complexity index is 733.